The first-order valence-electron chi connectivity index (χ1n) is 35.3. The van der Waals surface area contributed by atoms with E-state index in [0.717, 1.165) is 141 Å². The molecule has 11 heteroatoms. The maximum Gasteiger partial charge on any atom is 0.306 e. The third kappa shape index (κ3) is 49.5. The maximum absolute atomic E-state index is 13.5. The molecule has 8 atom stereocenters. The molecule has 0 spiro atoms. The van der Waals surface area contributed by atoms with Crippen LogP contribution in [0.5, 0.6) is 0 Å². The van der Waals surface area contributed by atoms with Crippen molar-refractivity contribution in [3.63, 3.8) is 0 Å². The molecular weight excluding hydrogens is 1090 g/mol. The second-order valence-electron chi connectivity index (χ2n) is 23.9. The van der Waals surface area contributed by atoms with Crippen LogP contribution in [0.1, 0.15) is 284 Å². The Balaban J connectivity index is 2.63. The van der Waals surface area contributed by atoms with Crippen LogP contribution in [0.3, 0.4) is 0 Å². The lowest BCUT2D eigenvalue weighted by molar-refractivity contribution is -0.305. The maximum atomic E-state index is 13.5. The van der Waals surface area contributed by atoms with Gasteiger partial charge in [-0.2, -0.15) is 0 Å². The summed E-state index contributed by atoms with van der Waals surface area (Å²) in [6.07, 6.45) is 76.5. The predicted molar refractivity (Wildman–Crippen MR) is 365 cm³/mol. The summed E-state index contributed by atoms with van der Waals surface area (Å²) in [6, 6.07) is -1.04. The van der Waals surface area contributed by atoms with E-state index in [4.69, 9.17) is 14.2 Å². The molecule has 1 saturated heterocycles. The van der Waals surface area contributed by atoms with Gasteiger partial charge in [-0.15, -0.1) is 0 Å². The van der Waals surface area contributed by atoms with Gasteiger partial charge >= 0.3 is 5.97 Å². The lowest BCUT2D eigenvalue weighted by Gasteiger charge is -2.41. The number of allylic oxidation sites excluding steroid dienone is 19. The van der Waals surface area contributed by atoms with Crippen molar-refractivity contribution < 1.29 is 49.3 Å². The van der Waals surface area contributed by atoms with Gasteiger partial charge in [0, 0.05) is 6.42 Å². The minimum absolute atomic E-state index is 0.0988. The van der Waals surface area contributed by atoms with Crippen LogP contribution in [-0.4, -0.2) is 99.6 Å². The first kappa shape index (κ1) is 81.1. The highest BCUT2D eigenvalue weighted by atomic mass is 16.7. The number of nitrogens with one attached hydrogen (secondary N) is 1. The Hall–Kier alpha value is -3.94. The number of rotatable bonds is 59. The molecule has 1 aliphatic rings. The van der Waals surface area contributed by atoms with Crippen molar-refractivity contribution in [2.24, 2.45) is 0 Å². The van der Waals surface area contributed by atoms with Gasteiger partial charge < -0.3 is 45.1 Å². The molecule has 1 amide bonds. The highest BCUT2D eigenvalue weighted by Gasteiger charge is 2.47. The Bertz CT molecular complexity index is 1880. The van der Waals surface area contributed by atoms with E-state index in [2.05, 4.69) is 135 Å². The summed E-state index contributed by atoms with van der Waals surface area (Å²) in [5.74, 6) is -1.22. The molecule has 1 fully saturated rings. The number of hydrogen-bond donors (Lipinski definition) is 6. The number of ether oxygens (including phenoxy) is 3. The van der Waals surface area contributed by atoms with Gasteiger partial charge in [0.15, 0.2) is 12.4 Å². The fourth-order valence-electron chi connectivity index (χ4n) is 10.3. The van der Waals surface area contributed by atoms with Crippen molar-refractivity contribution >= 4 is 11.9 Å². The van der Waals surface area contributed by atoms with Crippen LogP contribution in [0, 0.1) is 0 Å². The van der Waals surface area contributed by atoms with Gasteiger partial charge in [0.05, 0.1) is 25.4 Å². The van der Waals surface area contributed by atoms with Crippen molar-refractivity contribution in [3.05, 3.63) is 122 Å². The first-order valence-corrected chi connectivity index (χ1v) is 35.3. The lowest BCUT2D eigenvalue weighted by atomic mass is 9.99. The third-order valence-electron chi connectivity index (χ3n) is 15.8. The van der Waals surface area contributed by atoms with E-state index in [1.807, 2.05) is 6.08 Å². The summed E-state index contributed by atoms with van der Waals surface area (Å²) >= 11 is 0. The molecule has 0 radical (unpaired) electrons. The van der Waals surface area contributed by atoms with E-state index in [0.29, 0.717) is 12.8 Å². The monoisotopic (exact) mass is 1220 g/mol. The molecule has 0 saturated carbocycles. The van der Waals surface area contributed by atoms with Gasteiger partial charge in [0.2, 0.25) is 5.91 Å². The molecule has 0 aliphatic carbocycles. The molecule has 11 nitrogen and oxygen atoms in total. The zero-order valence-electron chi connectivity index (χ0n) is 55.3. The van der Waals surface area contributed by atoms with Crippen molar-refractivity contribution in [3.8, 4) is 0 Å². The zero-order chi connectivity index (χ0) is 63.1. The molecule has 0 aromatic heterocycles. The van der Waals surface area contributed by atoms with E-state index in [9.17, 15) is 35.1 Å². The van der Waals surface area contributed by atoms with Crippen molar-refractivity contribution in [2.75, 3.05) is 13.2 Å². The van der Waals surface area contributed by atoms with E-state index < -0.39 is 67.4 Å². The number of aliphatic hydroxyl groups excluding tert-OH is 5. The lowest BCUT2D eigenvalue weighted by Crippen LogP contribution is -2.61. The van der Waals surface area contributed by atoms with Gasteiger partial charge in [-0.25, -0.2) is 0 Å². The van der Waals surface area contributed by atoms with E-state index in [1.54, 1.807) is 6.08 Å². The van der Waals surface area contributed by atoms with E-state index >= 15 is 0 Å². The summed E-state index contributed by atoms with van der Waals surface area (Å²) in [5, 5.41) is 57.3. The topological polar surface area (TPSA) is 175 Å². The summed E-state index contributed by atoms with van der Waals surface area (Å²) in [6.45, 7) is 5.65. The number of carbonyl (C=O) groups is 2. The SMILES string of the molecule is CC/C=C\C/C=C\C/C=C\C/C=C\C/C=C\C/C=C\CCCCCCCCC(=O)OC1C(OCC(NC(=O)C(O)CCCCCCCCC/C=C\C/C=C\C/C=C\CCCCC)C(O)/C=C/CCCCCCCCCCCCC)OC(CO)C(O)C1O. The molecular formula is C76H129NO10. The van der Waals surface area contributed by atoms with Crippen LogP contribution in [0.2, 0.25) is 0 Å². The minimum Gasteiger partial charge on any atom is -0.454 e. The average Bonchev–Trinajstić information content (AvgIpc) is 2.32. The minimum atomic E-state index is -1.63. The number of unbranched alkanes of at least 4 members (excludes halogenated alkanes) is 27. The molecule has 0 aromatic carbocycles. The van der Waals surface area contributed by atoms with Gasteiger partial charge in [-0.05, 0) is 116 Å². The van der Waals surface area contributed by atoms with E-state index in [1.165, 1.54) is 96.3 Å². The summed E-state index contributed by atoms with van der Waals surface area (Å²) in [7, 11) is 0. The van der Waals surface area contributed by atoms with E-state index in [-0.39, 0.29) is 19.4 Å². The Kier molecular flexibility index (Phi) is 58.0. The summed E-state index contributed by atoms with van der Waals surface area (Å²) in [4.78, 5) is 26.7. The fourth-order valence-corrected chi connectivity index (χ4v) is 10.3. The highest BCUT2D eigenvalue weighted by molar-refractivity contribution is 5.80. The Morgan fingerprint density at radius 3 is 1.26 bits per heavy atom. The molecule has 6 N–H and O–H groups in total. The van der Waals surface area contributed by atoms with Crippen LogP contribution < -0.4 is 5.32 Å². The van der Waals surface area contributed by atoms with Gasteiger partial charge in [0.1, 0.15) is 24.4 Å². The molecule has 0 aromatic rings. The van der Waals surface area contributed by atoms with Crippen LogP contribution in [0.25, 0.3) is 0 Å². The second kappa shape index (κ2) is 62.3. The number of aliphatic hydroxyl groups is 5. The van der Waals surface area contributed by atoms with Crippen LogP contribution >= 0.6 is 0 Å². The molecule has 0 bridgehead atoms. The van der Waals surface area contributed by atoms with Crippen LogP contribution in [-0.2, 0) is 23.8 Å². The van der Waals surface area contributed by atoms with Crippen LogP contribution in [0.4, 0.5) is 0 Å². The molecule has 498 valence electrons. The second-order valence-corrected chi connectivity index (χ2v) is 23.9. The Morgan fingerprint density at radius 1 is 0.460 bits per heavy atom. The molecule has 1 rings (SSSR count). The molecule has 8 unspecified atom stereocenters. The molecule has 87 heavy (non-hydrogen) atoms. The number of carbonyl (C=O) groups excluding carboxylic acids is 2. The Labute approximate surface area is 531 Å². The van der Waals surface area contributed by atoms with Gasteiger partial charge in [-0.3, -0.25) is 9.59 Å². The summed E-state index contributed by atoms with van der Waals surface area (Å²) < 4.78 is 17.7. The first-order chi connectivity index (χ1) is 42.7. The third-order valence-corrected chi connectivity index (χ3v) is 15.8. The molecule has 1 aliphatic heterocycles. The standard InChI is InChI=1S/C76H129NO10/c1-4-7-10-13-16-19-22-25-27-29-31-33-34-35-36-37-39-41-43-46-49-52-55-58-61-64-71(81)87-74-73(83)72(82)70(65-78)86-76(74)85-66-67(68(79)62-59-56-53-50-47-44-24-21-18-15-12-9-6-3)77-75(84)69(80)63-60-57-54-51-48-45-42-40-38-32-30-28-26-23-20-17-14-11-8-5-2/h7,10,16-17,19-20,25-28,31-33,35-36,38-39,41,59,62,67-70,72-74,76,78-80,82-83H,4-6,8-9,11-15,18,21-24,29-30,34,37,40,42-58,60-61,63-66H2,1-3H3,(H,77,84)/b10-7-,19-16-,20-17-,27-25-,28-26-,33-31-,36-35-,38-32-,41-39-,62-59+. The zero-order valence-corrected chi connectivity index (χ0v) is 55.3. The van der Waals surface area contributed by atoms with Crippen molar-refractivity contribution in [1.82, 2.24) is 5.32 Å². The van der Waals surface area contributed by atoms with Crippen molar-refractivity contribution in [1.29, 1.82) is 0 Å². The van der Waals surface area contributed by atoms with Crippen LogP contribution in [0.15, 0.2) is 122 Å². The normalized spacial score (nSPS) is 19.0. The number of hydrogen-bond acceptors (Lipinski definition) is 10. The van der Waals surface area contributed by atoms with Crippen molar-refractivity contribution in [2.45, 2.75) is 333 Å². The fraction of sp³-hybridized carbons (Fsp3) is 0.711. The van der Waals surface area contributed by atoms with Gasteiger partial charge in [-0.1, -0.05) is 284 Å². The smallest absolute Gasteiger partial charge is 0.306 e. The van der Waals surface area contributed by atoms with Gasteiger partial charge in [0.25, 0.3) is 0 Å². The summed E-state index contributed by atoms with van der Waals surface area (Å²) in [5.41, 5.74) is 0. The average molecular weight is 1220 g/mol. The number of esters is 1. The Morgan fingerprint density at radius 2 is 0.828 bits per heavy atom. The quantitative estimate of drug-likeness (QED) is 0.0195. The molecule has 1 heterocycles. The predicted octanol–water partition coefficient (Wildman–Crippen LogP) is 18.2. The largest absolute Gasteiger partial charge is 0.454 e. The highest BCUT2D eigenvalue weighted by Crippen LogP contribution is 2.26. The number of amides is 1.